The highest BCUT2D eigenvalue weighted by Gasteiger charge is 2.30. The van der Waals surface area contributed by atoms with Gasteiger partial charge in [0.15, 0.2) is 0 Å². The van der Waals surface area contributed by atoms with Crippen molar-refractivity contribution in [2.24, 2.45) is 0 Å². The van der Waals surface area contributed by atoms with Gasteiger partial charge in [-0.2, -0.15) is 0 Å². The summed E-state index contributed by atoms with van der Waals surface area (Å²) in [5.74, 6) is 0. The van der Waals surface area contributed by atoms with E-state index in [1.54, 1.807) is 7.11 Å². The van der Waals surface area contributed by atoms with Crippen LogP contribution in [0.4, 0.5) is 0 Å². The molecule has 3 rings (SSSR count). The van der Waals surface area contributed by atoms with Crippen molar-refractivity contribution in [3.8, 4) is 0 Å². The number of nitrogens with zero attached hydrogens (tertiary/aromatic N) is 1. The normalized spacial score (nSPS) is 22.7. The Hall–Kier alpha value is -0.900. The minimum atomic E-state index is 0.696. The third-order valence-electron chi connectivity index (χ3n) is 4.62. The van der Waals surface area contributed by atoms with Gasteiger partial charge in [0.05, 0.1) is 6.61 Å². The quantitative estimate of drug-likeness (QED) is 0.835. The molecule has 2 aliphatic rings. The van der Waals surface area contributed by atoms with E-state index in [4.69, 9.17) is 4.74 Å². The molecule has 21 heavy (non-hydrogen) atoms. The zero-order valence-electron chi connectivity index (χ0n) is 13.2. The number of benzene rings is 1. The first kappa shape index (κ1) is 15.0. The summed E-state index contributed by atoms with van der Waals surface area (Å²) < 4.78 is 5.25. The molecule has 1 heterocycles. The lowest BCUT2D eigenvalue weighted by Gasteiger charge is -2.30. The minimum absolute atomic E-state index is 0.696. The van der Waals surface area contributed by atoms with Gasteiger partial charge in [0.1, 0.15) is 0 Å². The lowest BCUT2D eigenvalue weighted by molar-refractivity contribution is 0.184. The van der Waals surface area contributed by atoms with Crippen LogP contribution in [0.2, 0.25) is 0 Å². The Morgan fingerprint density at radius 1 is 1.19 bits per heavy atom. The Labute approximate surface area is 128 Å². The van der Waals surface area contributed by atoms with Crippen LogP contribution >= 0.6 is 0 Å². The predicted molar refractivity (Wildman–Crippen MR) is 86.2 cm³/mol. The monoisotopic (exact) mass is 288 g/mol. The maximum atomic E-state index is 5.25. The van der Waals surface area contributed by atoms with Gasteiger partial charge >= 0.3 is 0 Å². The summed E-state index contributed by atoms with van der Waals surface area (Å²) in [7, 11) is 1.76. The summed E-state index contributed by atoms with van der Waals surface area (Å²) in [5.41, 5.74) is 2.70. The molecule has 1 N–H and O–H groups in total. The largest absolute Gasteiger partial charge is 0.380 e. The molecule has 1 atom stereocenters. The Kier molecular flexibility index (Phi) is 5.28. The zero-order valence-corrected chi connectivity index (χ0v) is 13.2. The first-order chi connectivity index (χ1) is 10.3. The van der Waals surface area contributed by atoms with Gasteiger partial charge in [-0.3, -0.25) is 4.90 Å². The van der Waals surface area contributed by atoms with Gasteiger partial charge < -0.3 is 10.1 Å². The molecule has 2 fully saturated rings. The van der Waals surface area contributed by atoms with Crippen LogP contribution in [-0.4, -0.2) is 37.2 Å². The molecule has 0 radical (unpaired) electrons. The van der Waals surface area contributed by atoms with Gasteiger partial charge in [-0.1, -0.05) is 30.7 Å². The Morgan fingerprint density at radius 3 is 2.76 bits per heavy atom. The molecule has 3 heteroatoms. The summed E-state index contributed by atoms with van der Waals surface area (Å²) in [6.45, 7) is 4.20. The number of methoxy groups -OCH3 is 1. The van der Waals surface area contributed by atoms with Gasteiger partial charge in [-0.15, -0.1) is 0 Å². The van der Waals surface area contributed by atoms with E-state index in [9.17, 15) is 0 Å². The number of nitrogens with one attached hydrogen (secondary N) is 1. The second kappa shape index (κ2) is 7.39. The number of hydrogen-bond donors (Lipinski definition) is 1. The number of ether oxygens (including phenoxy) is 1. The van der Waals surface area contributed by atoms with Crippen LogP contribution in [-0.2, 0) is 17.9 Å². The molecule has 1 aliphatic heterocycles. The van der Waals surface area contributed by atoms with E-state index in [0.717, 1.165) is 12.6 Å². The first-order valence-electron chi connectivity index (χ1n) is 8.39. The molecule has 1 aromatic rings. The SMILES string of the molecule is COCc1cccc(CN(CC2CCCCN2)C2CC2)c1. The third-order valence-corrected chi connectivity index (χ3v) is 4.62. The van der Waals surface area contributed by atoms with Crippen molar-refractivity contribution in [2.45, 2.75) is 57.3 Å². The Balaban J connectivity index is 1.60. The summed E-state index contributed by atoms with van der Waals surface area (Å²) in [5, 5.41) is 3.69. The van der Waals surface area contributed by atoms with E-state index >= 15 is 0 Å². The van der Waals surface area contributed by atoms with Crippen molar-refractivity contribution >= 4 is 0 Å². The molecule has 0 amide bonds. The molecule has 0 aromatic heterocycles. The van der Waals surface area contributed by atoms with E-state index in [2.05, 4.69) is 34.5 Å². The van der Waals surface area contributed by atoms with Crippen LogP contribution in [0.5, 0.6) is 0 Å². The van der Waals surface area contributed by atoms with Crippen molar-refractivity contribution in [3.05, 3.63) is 35.4 Å². The lowest BCUT2D eigenvalue weighted by atomic mass is 10.0. The molecular weight excluding hydrogens is 260 g/mol. The van der Waals surface area contributed by atoms with Gasteiger partial charge in [-0.25, -0.2) is 0 Å². The molecular formula is C18H28N2O. The highest BCUT2D eigenvalue weighted by molar-refractivity contribution is 5.23. The zero-order chi connectivity index (χ0) is 14.5. The highest BCUT2D eigenvalue weighted by Crippen LogP contribution is 2.29. The van der Waals surface area contributed by atoms with Crippen LogP contribution in [0.3, 0.4) is 0 Å². The fourth-order valence-corrected chi connectivity index (χ4v) is 3.36. The van der Waals surface area contributed by atoms with Gasteiger partial charge in [0, 0.05) is 32.3 Å². The second-order valence-electron chi connectivity index (χ2n) is 6.56. The fourth-order valence-electron chi connectivity index (χ4n) is 3.36. The first-order valence-corrected chi connectivity index (χ1v) is 8.39. The maximum absolute atomic E-state index is 5.25. The van der Waals surface area contributed by atoms with Crippen molar-refractivity contribution in [3.63, 3.8) is 0 Å². The molecule has 1 saturated heterocycles. The van der Waals surface area contributed by atoms with Crippen molar-refractivity contribution in [2.75, 3.05) is 20.2 Å². The van der Waals surface area contributed by atoms with E-state index in [1.165, 1.54) is 56.3 Å². The summed E-state index contributed by atoms with van der Waals surface area (Å²) >= 11 is 0. The molecule has 116 valence electrons. The summed E-state index contributed by atoms with van der Waals surface area (Å²) in [6.07, 6.45) is 6.83. The third kappa shape index (κ3) is 4.53. The van der Waals surface area contributed by atoms with Crippen molar-refractivity contribution in [1.82, 2.24) is 10.2 Å². The van der Waals surface area contributed by atoms with Crippen LogP contribution in [0.25, 0.3) is 0 Å². The molecule has 1 saturated carbocycles. The predicted octanol–water partition coefficient (Wildman–Crippen LogP) is 2.94. The lowest BCUT2D eigenvalue weighted by Crippen LogP contribution is -2.44. The number of rotatable bonds is 7. The van der Waals surface area contributed by atoms with Gasteiger partial charge in [-0.05, 0) is 43.4 Å². The average Bonchev–Trinajstić information content (AvgIpc) is 3.33. The highest BCUT2D eigenvalue weighted by atomic mass is 16.5. The summed E-state index contributed by atoms with van der Waals surface area (Å²) in [6, 6.07) is 10.4. The van der Waals surface area contributed by atoms with Crippen molar-refractivity contribution in [1.29, 1.82) is 0 Å². The van der Waals surface area contributed by atoms with E-state index in [0.29, 0.717) is 12.6 Å². The van der Waals surface area contributed by atoms with Crippen LogP contribution in [0, 0.1) is 0 Å². The van der Waals surface area contributed by atoms with Gasteiger partial charge in [0.2, 0.25) is 0 Å². The van der Waals surface area contributed by atoms with Crippen LogP contribution in [0.15, 0.2) is 24.3 Å². The molecule has 3 nitrogen and oxygen atoms in total. The van der Waals surface area contributed by atoms with E-state index in [-0.39, 0.29) is 0 Å². The van der Waals surface area contributed by atoms with Crippen LogP contribution in [0.1, 0.15) is 43.2 Å². The molecule has 0 bridgehead atoms. The van der Waals surface area contributed by atoms with Crippen molar-refractivity contribution < 1.29 is 4.74 Å². The van der Waals surface area contributed by atoms with E-state index < -0.39 is 0 Å². The number of hydrogen-bond acceptors (Lipinski definition) is 3. The molecule has 1 aliphatic carbocycles. The topological polar surface area (TPSA) is 24.5 Å². The standard InChI is InChI=1S/C18H28N2O/c1-21-14-16-6-4-5-15(11-16)12-20(18-8-9-18)13-17-7-2-3-10-19-17/h4-6,11,17-19H,2-3,7-10,12-14H2,1H3. The smallest absolute Gasteiger partial charge is 0.0713 e. The van der Waals surface area contributed by atoms with Crippen LogP contribution < -0.4 is 5.32 Å². The maximum Gasteiger partial charge on any atom is 0.0713 e. The molecule has 1 aromatic carbocycles. The fraction of sp³-hybridized carbons (Fsp3) is 0.667. The minimum Gasteiger partial charge on any atom is -0.380 e. The summed E-state index contributed by atoms with van der Waals surface area (Å²) in [4.78, 5) is 2.69. The molecule has 1 unspecified atom stereocenters. The Morgan fingerprint density at radius 2 is 2.05 bits per heavy atom. The number of piperidine rings is 1. The Bertz CT molecular complexity index is 439. The second-order valence-corrected chi connectivity index (χ2v) is 6.56. The molecule has 0 spiro atoms. The average molecular weight is 288 g/mol. The van der Waals surface area contributed by atoms with E-state index in [1.807, 2.05) is 0 Å². The van der Waals surface area contributed by atoms with Gasteiger partial charge in [0.25, 0.3) is 0 Å².